The van der Waals surface area contributed by atoms with Crippen LogP contribution >= 0.6 is 0 Å². The third kappa shape index (κ3) is 3.62. The molecule has 0 aliphatic carbocycles. The van der Waals surface area contributed by atoms with Crippen LogP contribution in [0.5, 0.6) is 0 Å². The molecule has 0 aromatic heterocycles. The van der Waals surface area contributed by atoms with Gasteiger partial charge < -0.3 is 5.32 Å². The zero-order valence-electron chi connectivity index (χ0n) is 12.8. The third-order valence-corrected chi connectivity index (χ3v) is 6.20. The highest BCUT2D eigenvalue weighted by Gasteiger charge is 2.27. The van der Waals surface area contributed by atoms with Gasteiger partial charge >= 0.3 is 0 Å². The van der Waals surface area contributed by atoms with Gasteiger partial charge in [-0.05, 0) is 69.0 Å². The number of aryl methyl sites for hydroxylation is 2. The van der Waals surface area contributed by atoms with E-state index in [9.17, 15) is 12.8 Å². The lowest BCUT2D eigenvalue weighted by Gasteiger charge is -2.28. The Morgan fingerprint density at radius 2 is 1.76 bits per heavy atom. The molecule has 21 heavy (non-hydrogen) atoms. The molecule has 0 saturated carbocycles. The van der Waals surface area contributed by atoms with Crippen molar-refractivity contribution in [2.24, 2.45) is 5.92 Å². The fraction of sp³-hybridized carbons (Fsp3) is 0.600. The molecule has 118 valence electrons. The first kappa shape index (κ1) is 16.4. The quantitative estimate of drug-likeness (QED) is 0.925. The van der Waals surface area contributed by atoms with Crippen molar-refractivity contribution in [2.45, 2.75) is 31.6 Å². The Bertz CT molecular complexity index is 587. The SMILES string of the molecule is Cc1cc(F)cc(C)c1S(=O)(=O)N(C)CC1CCNCC1. The smallest absolute Gasteiger partial charge is 0.243 e. The summed E-state index contributed by atoms with van der Waals surface area (Å²) >= 11 is 0. The topological polar surface area (TPSA) is 49.4 Å². The average molecular weight is 314 g/mol. The second kappa shape index (κ2) is 6.42. The van der Waals surface area contributed by atoms with Gasteiger partial charge in [0.05, 0.1) is 4.90 Å². The number of hydrogen-bond donors (Lipinski definition) is 1. The van der Waals surface area contributed by atoms with E-state index in [1.807, 2.05) is 0 Å². The summed E-state index contributed by atoms with van der Waals surface area (Å²) in [7, 11) is -1.96. The van der Waals surface area contributed by atoms with E-state index in [1.54, 1.807) is 20.9 Å². The van der Waals surface area contributed by atoms with Crippen molar-refractivity contribution in [1.29, 1.82) is 0 Å². The maximum atomic E-state index is 13.4. The van der Waals surface area contributed by atoms with Crippen molar-refractivity contribution in [3.05, 3.63) is 29.1 Å². The largest absolute Gasteiger partial charge is 0.317 e. The van der Waals surface area contributed by atoms with Crippen LogP contribution in [0.15, 0.2) is 17.0 Å². The summed E-state index contributed by atoms with van der Waals surface area (Å²) in [5.41, 5.74) is 0.925. The lowest BCUT2D eigenvalue weighted by atomic mass is 9.98. The number of benzene rings is 1. The zero-order valence-corrected chi connectivity index (χ0v) is 13.6. The van der Waals surface area contributed by atoms with Crippen LogP contribution in [-0.4, -0.2) is 39.4 Å². The van der Waals surface area contributed by atoms with E-state index in [0.717, 1.165) is 25.9 Å². The van der Waals surface area contributed by atoms with Gasteiger partial charge in [0.1, 0.15) is 5.82 Å². The molecule has 6 heteroatoms. The standard InChI is InChI=1S/C15H23FN2O2S/c1-11-8-14(16)9-12(2)15(11)21(19,20)18(3)10-13-4-6-17-7-5-13/h8-9,13,17H,4-7,10H2,1-3H3. The molecule has 1 heterocycles. The van der Waals surface area contributed by atoms with Crippen LogP contribution in [0.25, 0.3) is 0 Å². The van der Waals surface area contributed by atoms with E-state index in [4.69, 9.17) is 0 Å². The minimum Gasteiger partial charge on any atom is -0.317 e. The molecule has 0 unspecified atom stereocenters. The van der Waals surface area contributed by atoms with Gasteiger partial charge in [0, 0.05) is 13.6 Å². The minimum atomic E-state index is -3.57. The highest BCUT2D eigenvalue weighted by atomic mass is 32.2. The molecule has 4 nitrogen and oxygen atoms in total. The summed E-state index contributed by atoms with van der Waals surface area (Å²) in [4.78, 5) is 0.236. The van der Waals surface area contributed by atoms with Gasteiger partial charge in [-0.15, -0.1) is 0 Å². The Balaban J connectivity index is 2.24. The van der Waals surface area contributed by atoms with E-state index in [1.165, 1.54) is 16.4 Å². The van der Waals surface area contributed by atoms with Crippen LogP contribution in [0.4, 0.5) is 4.39 Å². The van der Waals surface area contributed by atoms with Gasteiger partial charge in [-0.2, -0.15) is 0 Å². The zero-order chi connectivity index (χ0) is 15.6. The van der Waals surface area contributed by atoms with Crippen LogP contribution in [0.3, 0.4) is 0 Å². The predicted octanol–water partition coefficient (Wildman–Crippen LogP) is 2.06. The van der Waals surface area contributed by atoms with Crippen molar-refractivity contribution < 1.29 is 12.8 Å². The van der Waals surface area contributed by atoms with Crippen LogP contribution in [0.1, 0.15) is 24.0 Å². The van der Waals surface area contributed by atoms with Gasteiger partial charge in [0.15, 0.2) is 0 Å². The Hall–Kier alpha value is -0.980. The van der Waals surface area contributed by atoms with E-state index in [2.05, 4.69) is 5.32 Å². The number of nitrogens with zero attached hydrogens (tertiary/aromatic N) is 1. The normalized spacial score (nSPS) is 17.4. The van der Waals surface area contributed by atoms with E-state index in [0.29, 0.717) is 23.6 Å². The van der Waals surface area contributed by atoms with Gasteiger partial charge in [0.25, 0.3) is 0 Å². The van der Waals surface area contributed by atoms with Crippen LogP contribution in [0.2, 0.25) is 0 Å². The number of piperidine rings is 1. The molecule has 1 saturated heterocycles. The van der Waals surface area contributed by atoms with Gasteiger partial charge in [-0.3, -0.25) is 0 Å². The van der Waals surface area contributed by atoms with E-state index in [-0.39, 0.29) is 4.90 Å². The fourth-order valence-corrected chi connectivity index (χ4v) is 4.64. The first-order valence-electron chi connectivity index (χ1n) is 7.26. The number of sulfonamides is 1. The summed E-state index contributed by atoms with van der Waals surface area (Å²) in [6.07, 6.45) is 1.97. The Labute approximate surface area is 126 Å². The van der Waals surface area contributed by atoms with E-state index >= 15 is 0 Å². The molecular weight excluding hydrogens is 291 g/mol. The average Bonchev–Trinajstić information content (AvgIpc) is 2.38. The summed E-state index contributed by atoms with van der Waals surface area (Å²) in [5, 5.41) is 3.27. The molecule has 0 bridgehead atoms. The molecule has 0 amide bonds. The van der Waals surface area contributed by atoms with E-state index < -0.39 is 15.8 Å². The van der Waals surface area contributed by atoms with Crippen molar-refractivity contribution in [3.8, 4) is 0 Å². The lowest BCUT2D eigenvalue weighted by Crippen LogP contribution is -2.37. The molecule has 0 radical (unpaired) electrons. The van der Waals surface area contributed by atoms with Crippen LogP contribution < -0.4 is 5.32 Å². The molecule has 1 fully saturated rings. The third-order valence-electron chi connectivity index (χ3n) is 4.07. The summed E-state index contributed by atoms with van der Waals surface area (Å²) < 4.78 is 40.3. The Morgan fingerprint density at radius 3 is 2.29 bits per heavy atom. The molecule has 0 spiro atoms. The first-order valence-corrected chi connectivity index (χ1v) is 8.70. The summed E-state index contributed by atoms with van der Waals surface area (Å²) in [6, 6.07) is 2.55. The summed E-state index contributed by atoms with van der Waals surface area (Å²) in [6.45, 7) is 5.67. The Kier molecular flexibility index (Phi) is 5.01. The second-order valence-corrected chi connectivity index (χ2v) is 7.83. The number of halogens is 1. The van der Waals surface area contributed by atoms with Crippen LogP contribution in [-0.2, 0) is 10.0 Å². The first-order chi connectivity index (χ1) is 9.82. The van der Waals surface area contributed by atoms with Crippen molar-refractivity contribution in [3.63, 3.8) is 0 Å². The molecule has 1 aliphatic heterocycles. The molecule has 0 atom stereocenters. The second-order valence-electron chi connectivity index (χ2n) is 5.85. The summed E-state index contributed by atoms with van der Waals surface area (Å²) in [5.74, 6) is -0.0166. The van der Waals surface area contributed by atoms with Gasteiger partial charge in [-0.1, -0.05) is 0 Å². The maximum Gasteiger partial charge on any atom is 0.243 e. The number of hydrogen-bond acceptors (Lipinski definition) is 3. The fourth-order valence-electron chi connectivity index (χ4n) is 2.99. The highest BCUT2D eigenvalue weighted by molar-refractivity contribution is 7.89. The van der Waals surface area contributed by atoms with Crippen LogP contribution in [0, 0.1) is 25.6 Å². The monoisotopic (exact) mass is 314 g/mol. The molecule has 1 N–H and O–H groups in total. The molecule has 1 aliphatic rings. The van der Waals surface area contributed by atoms with Gasteiger partial charge in [-0.25, -0.2) is 17.1 Å². The molecular formula is C15H23FN2O2S. The van der Waals surface area contributed by atoms with Crippen molar-refractivity contribution >= 4 is 10.0 Å². The predicted molar refractivity (Wildman–Crippen MR) is 81.3 cm³/mol. The maximum absolute atomic E-state index is 13.4. The molecule has 1 aromatic rings. The number of rotatable bonds is 4. The van der Waals surface area contributed by atoms with Crippen molar-refractivity contribution in [1.82, 2.24) is 9.62 Å². The molecule has 1 aromatic carbocycles. The highest BCUT2D eigenvalue weighted by Crippen LogP contribution is 2.25. The minimum absolute atomic E-state index is 0.236. The molecule has 2 rings (SSSR count). The number of nitrogens with one attached hydrogen (secondary N) is 1. The lowest BCUT2D eigenvalue weighted by molar-refractivity contribution is 0.311. The van der Waals surface area contributed by atoms with Crippen molar-refractivity contribution in [2.75, 3.05) is 26.7 Å². The van der Waals surface area contributed by atoms with Gasteiger partial charge in [0.2, 0.25) is 10.0 Å². The Morgan fingerprint density at radius 1 is 1.24 bits per heavy atom.